The van der Waals surface area contributed by atoms with E-state index in [1.54, 1.807) is 6.20 Å². The van der Waals surface area contributed by atoms with Crippen molar-refractivity contribution in [1.82, 2.24) is 4.98 Å². The summed E-state index contributed by atoms with van der Waals surface area (Å²) in [5, 5.41) is 0. The summed E-state index contributed by atoms with van der Waals surface area (Å²) in [6.07, 6.45) is 3.47. The van der Waals surface area contributed by atoms with Crippen LogP contribution in [0.1, 0.15) is 11.5 Å². The average Bonchev–Trinajstić information content (AvgIpc) is 2.97. The van der Waals surface area contributed by atoms with Crippen LogP contribution in [0.4, 0.5) is 5.69 Å². The first-order chi connectivity index (χ1) is 9.81. The van der Waals surface area contributed by atoms with Crippen molar-refractivity contribution in [3.05, 3.63) is 72.2 Å². The zero-order valence-electron chi connectivity index (χ0n) is 11.1. The number of hydrogen-bond donors (Lipinski definition) is 1. The molecule has 20 heavy (non-hydrogen) atoms. The van der Waals surface area contributed by atoms with Crippen LogP contribution in [-0.2, 0) is 12.8 Å². The number of aryl methyl sites for hydroxylation is 2. The molecule has 3 rings (SSSR count). The van der Waals surface area contributed by atoms with Crippen LogP contribution in [0.2, 0.25) is 0 Å². The van der Waals surface area contributed by atoms with Crippen LogP contribution >= 0.6 is 0 Å². The minimum Gasteiger partial charge on any atom is -0.441 e. The van der Waals surface area contributed by atoms with E-state index in [1.807, 2.05) is 54.6 Å². The molecule has 0 bridgehead atoms. The van der Waals surface area contributed by atoms with E-state index in [9.17, 15) is 0 Å². The minimum absolute atomic E-state index is 0.765. The van der Waals surface area contributed by atoms with E-state index >= 15 is 0 Å². The van der Waals surface area contributed by atoms with Gasteiger partial charge < -0.3 is 10.2 Å². The second-order valence-corrected chi connectivity index (χ2v) is 4.73. The molecule has 0 spiro atoms. The predicted molar refractivity (Wildman–Crippen MR) is 80.2 cm³/mol. The maximum Gasteiger partial charge on any atom is 0.195 e. The van der Waals surface area contributed by atoms with Gasteiger partial charge in [0.15, 0.2) is 11.7 Å². The lowest BCUT2D eigenvalue weighted by Crippen LogP contribution is -1.92. The van der Waals surface area contributed by atoms with Crippen molar-refractivity contribution < 1.29 is 4.42 Å². The van der Waals surface area contributed by atoms with E-state index in [4.69, 9.17) is 10.2 Å². The van der Waals surface area contributed by atoms with E-state index in [1.165, 1.54) is 5.56 Å². The molecule has 0 atom stereocenters. The molecule has 3 nitrogen and oxygen atoms in total. The van der Waals surface area contributed by atoms with Crippen molar-refractivity contribution in [2.24, 2.45) is 0 Å². The summed E-state index contributed by atoms with van der Waals surface area (Å²) in [7, 11) is 0. The second-order valence-electron chi connectivity index (χ2n) is 4.73. The molecule has 1 heterocycles. The summed E-state index contributed by atoms with van der Waals surface area (Å²) in [5.41, 5.74) is 8.75. The number of nitrogen functional groups attached to an aromatic ring is 1. The third kappa shape index (κ3) is 2.88. The molecule has 0 fully saturated rings. The molecule has 0 saturated carbocycles. The molecule has 0 saturated heterocycles. The van der Waals surface area contributed by atoms with E-state index in [-0.39, 0.29) is 0 Å². The molecule has 2 aromatic carbocycles. The number of rotatable bonds is 4. The molecule has 3 heteroatoms. The van der Waals surface area contributed by atoms with E-state index in [0.29, 0.717) is 0 Å². The zero-order chi connectivity index (χ0) is 13.8. The largest absolute Gasteiger partial charge is 0.441 e. The molecule has 0 amide bonds. The zero-order valence-corrected chi connectivity index (χ0v) is 11.1. The average molecular weight is 264 g/mol. The van der Waals surface area contributed by atoms with E-state index < -0.39 is 0 Å². The van der Waals surface area contributed by atoms with Gasteiger partial charge in [0.1, 0.15) is 0 Å². The van der Waals surface area contributed by atoms with E-state index in [2.05, 4.69) is 4.98 Å². The number of benzene rings is 2. The summed E-state index contributed by atoms with van der Waals surface area (Å²) in [5.74, 6) is 1.58. The normalized spacial score (nSPS) is 10.6. The number of anilines is 1. The molecule has 0 aliphatic carbocycles. The van der Waals surface area contributed by atoms with Crippen LogP contribution in [-0.4, -0.2) is 4.98 Å². The fourth-order valence-electron chi connectivity index (χ4n) is 2.10. The molecule has 0 unspecified atom stereocenters. The van der Waals surface area contributed by atoms with Crippen LogP contribution in [0, 0.1) is 0 Å². The molecule has 0 aliphatic rings. The van der Waals surface area contributed by atoms with Crippen LogP contribution in [0.25, 0.3) is 11.3 Å². The summed E-state index contributed by atoms with van der Waals surface area (Å²) in [6, 6.07) is 17.9. The summed E-state index contributed by atoms with van der Waals surface area (Å²) in [4.78, 5) is 4.33. The third-order valence-electron chi connectivity index (χ3n) is 3.22. The van der Waals surface area contributed by atoms with Gasteiger partial charge in [-0.25, -0.2) is 4.98 Å². The van der Waals surface area contributed by atoms with Crippen LogP contribution in [0.15, 0.2) is 65.2 Å². The van der Waals surface area contributed by atoms with Gasteiger partial charge in [-0.15, -0.1) is 0 Å². The maximum absolute atomic E-state index is 5.78. The molecule has 3 aromatic rings. The summed E-state index contributed by atoms with van der Waals surface area (Å²) >= 11 is 0. The number of nitrogens with two attached hydrogens (primary N) is 1. The van der Waals surface area contributed by atoms with Gasteiger partial charge in [-0.3, -0.25) is 0 Å². The molecule has 0 radical (unpaired) electrons. The molecule has 2 N–H and O–H groups in total. The highest BCUT2D eigenvalue weighted by atomic mass is 16.4. The standard InChI is InChI=1S/C17H16N2O/c18-15-9-6-13(7-10-15)8-11-17-19-12-16(20-17)14-4-2-1-3-5-14/h1-7,9-10,12H,8,11,18H2. The molecule has 0 aliphatic heterocycles. The SMILES string of the molecule is Nc1ccc(CCc2ncc(-c3ccccc3)o2)cc1. The Hall–Kier alpha value is -2.55. The van der Waals surface area contributed by atoms with Gasteiger partial charge in [0, 0.05) is 17.7 Å². The van der Waals surface area contributed by atoms with Gasteiger partial charge in [0.25, 0.3) is 0 Å². The van der Waals surface area contributed by atoms with Crippen molar-refractivity contribution in [1.29, 1.82) is 0 Å². The monoisotopic (exact) mass is 264 g/mol. The number of hydrogen-bond acceptors (Lipinski definition) is 3. The Morgan fingerprint density at radius 3 is 2.40 bits per heavy atom. The van der Waals surface area contributed by atoms with Crippen molar-refractivity contribution in [3.63, 3.8) is 0 Å². The van der Waals surface area contributed by atoms with Crippen molar-refractivity contribution in [2.75, 3.05) is 5.73 Å². The Morgan fingerprint density at radius 2 is 1.65 bits per heavy atom. The Morgan fingerprint density at radius 1 is 0.900 bits per heavy atom. The van der Waals surface area contributed by atoms with Gasteiger partial charge in [-0.2, -0.15) is 0 Å². The molecular formula is C17H16N2O. The molecule has 100 valence electrons. The topological polar surface area (TPSA) is 52.0 Å². The van der Waals surface area contributed by atoms with Gasteiger partial charge in [0.05, 0.1) is 6.20 Å². The van der Waals surface area contributed by atoms with Crippen LogP contribution in [0.3, 0.4) is 0 Å². The molecule has 1 aromatic heterocycles. The lowest BCUT2D eigenvalue weighted by atomic mass is 10.1. The Kier molecular flexibility index (Phi) is 3.50. The fraction of sp³-hybridized carbons (Fsp3) is 0.118. The smallest absolute Gasteiger partial charge is 0.195 e. The lowest BCUT2D eigenvalue weighted by molar-refractivity contribution is 0.505. The lowest BCUT2D eigenvalue weighted by Gasteiger charge is -1.99. The van der Waals surface area contributed by atoms with Gasteiger partial charge in [-0.05, 0) is 24.1 Å². The first kappa shape index (κ1) is 12.5. The third-order valence-corrected chi connectivity index (χ3v) is 3.22. The number of nitrogens with zero attached hydrogens (tertiary/aromatic N) is 1. The summed E-state index contributed by atoms with van der Waals surface area (Å²) in [6.45, 7) is 0. The highest BCUT2D eigenvalue weighted by molar-refractivity contribution is 5.55. The van der Waals surface area contributed by atoms with Gasteiger partial charge in [-0.1, -0.05) is 42.5 Å². The predicted octanol–water partition coefficient (Wildman–Crippen LogP) is 3.71. The van der Waals surface area contributed by atoms with Crippen LogP contribution in [0.5, 0.6) is 0 Å². The Labute approximate surface area is 118 Å². The number of oxazole rings is 1. The first-order valence-corrected chi connectivity index (χ1v) is 6.66. The highest BCUT2D eigenvalue weighted by Gasteiger charge is 2.06. The van der Waals surface area contributed by atoms with Crippen molar-refractivity contribution in [3.8, 4) is 11.3 Å². The Bertz CT molecular complexity index is 672. The fourth-order valence-corrected chi connectivity index (χ4v) is 2.10. The minimum atomic E-state index is 0.765. The maximum atomic E-state index is 5.78. The summed E-state index contributed by atoms with van der Waals surface area (Å²) < 4.78 is 5.78. The Balaban J connectivity index is 1.67. The first-order valence-electron chi connectivity index (χ1n) is 6.66. The quantitative estimate of drug-likeness (QED) is 0.731. The van der Waals surface area contributed by atoms with Gasteiger partial charge >= 0.3 is 0 Å². The van der Waals surface area contributed by atoms with Crippen LogP contribution < -0.4 is 5.73 Å². The number of aromatic nitrogens is 1. The second kappa shape index (κ2) is 5.61. The van der Waals surface area contributed by atoms with Crippen molar-refractivity contribution in [2.45, 2.75) is 12.8 Å². The molecular weight excluding hydrogens is 248 g/mol. The van der Waals surface area contributed by atoms with E-state index in [0.717, 1.165) is 35.7 Å². The van der Waals surface area contributed by atoms with Crippen molar-refractivity contribution >= 4 is 5.69 Å². The van der Waals surface area contributed by atoms with Gasteiger partial charge in [0.2, 0.25) is 0 Å². The highest BCUT2D eigenvalue weighted by Crippen LogP contribution is 2.20.